The Morgan fingerprint density at radius 2 is 2.21 bits per heavy atom. The molecule has 0 aliphatic carbocycles. The van der Waals surface area contributed by atoms with Crippen molar-refractivity contribution in [3.05, 3.63) is 29.3 Å². The van der Waals surface area contributed by atoms with Crippen molar-refractivity contribution in [2.24, 2.45) is 11.8 Å². The minimum Gasteiger partial charge on any atom is -0.493 e. The molecule has 104 valence electrons. The summed E-state index contributed by atoms with van der Waals surface area (Å²) in [5.74, 6) is 0.324. The number of hydrogen-bond acceptors (Lipinski definition) is 4. The molecule has 0 spiro atoms. The maximum atomic E-state index is 11.8. The van der Waals surface area contributed by atoms with Crippen LogP contribution in [0.3, 0.4) is 0 Å². The smallest absolute Gasteiger partial charge is 0.312 e. The summed E-state index contributed by atoms with van der Waals surface area (Å²) in [4.78, 5) is 11.8. The van der Waals surface area contributed by atoms with Gasteiger partial charge in [-0.1, -0.05) is 11.6 Å². The molecule has 2 atom stereocenters. The Balaban J connectivity index is 1.95. The fourth-order valence-electron chi connectivity index (χ4n) is 2.13. The standard InChI is InChI=1S/C14H17ClO4/c1-17-14(16)13(10-6-7-18-8-10)9-19-12-4-2-11(15)3-5-12/h2-5,10,13H,6-9H2,1H3. The average Bonchev–Trinajstić information content (AvgIpc) is 2.94. The first-order valence-corrected chi connectivity index (χ1v) is 6.62. The third kappa shape index (κ3) is 3.85. The fraction of sp³-hybridized carbons (Fsp3) is 0.500. The normalized spacial score (nSPS) is 20.0. The van der Waals surface area contributed by atoms with Crippen LogP contribution in [0.15, 0.2) is 24.3 Å². The molecule has 1 saturated heterocycles. The lowest BCUT2D eigenvalue weighted by Crippen LogP contribution is -2.31. The largest absolute Gasteiger partial charge is 0.493 e. The van der Waals surface area contributed by atoms with Crippen molar-refractivity contribution in [1.82, 2.24) is 0 Å². The molecule has 4 nitrogen and oxygen atoms in total. The summed E-state index contributed by atoms with van der Waals surface area (Å²) in [5.41, 5.74) is 0. The molecular weight excluding hydrogens is 268 g/mol. The lowest BCUT2D eigenvalue weighted by atomic mass is 9.92. The van der Waals surface area contributed by atoms with Crippen molar-refractivity contribution in [3.63, 3.8) is 0 Å². The van der Waals surface area contributed by atoms with Gasteiger partial charge in [0.05, 0.1) is 19.6 Å². The highest BCUT2D eigenvalue weighted by atomic mass is 35.5. The van der Waals surface area contributed by atoms with Gasteiger partial charge in [0, 0.05) is 17.5 Å². The Morgan fingerprint density at radius 1 is 1.47 bits per heavy atom. The lowest BCUT2D eigenvalue weighted by Gasteiger charge is -2.20. The van der Waals surface area contributed by atoms with E-state index in [2.05, 4.69) is 0 Å². The number of carbonyl (C=O) groups excluding carboxylic acids is 1. The van der Waals surface area contributed by atoms with Crippen molar-refractivity contribution in [2.45, 2.75) is 6.42 Å². The molecule has 0 radical (unpaired) electrons. The van der Waals surface area contributed by atoms with Crippen LogP contribution in [0.1, 0.15) is 6.42 Å². The number of carbonyl (C=O) groups is 1. The first-order valence-electron chi connectivity index (χ1n) is 6.24. The van der Waals surface area contributed by atoms with E-state index in [-0.39, 0.29) is 17.8 Å². The van der Waals surface area contributed by atoms with Crippen LogP contribution in [0, 0.1) is 11.8 Å². The molecule has 0 aromatic heterocycles. The number of rotatable bonds is 5. The highest BCUT2D eigenvalue weighted by Gasteiger charge is 2.32. The summed E-state index contributed by atoms with van der Waals surface area (Å²) < 4.78 is 15.8. The monoisotopic (exact) mass is 284 g/mol. The third-order valence-electron chi connectivity index (χ3n) is 3.28. The maximum absolute atomic E-state index is 11.8. The van der Waals surface area contributed by atoms with E-state index in [0.717, 1.165) is 6.42 Å². The molecule has 1 heterocycles. The molecule has 19 heavy (non-hydrogen) atoms. The van der Waals surface area contributed by atoms with Gasteiger partial charge in [-0.2, -0.15) is 0 Å². The second kappa shape index (κ2) is 6.78. The minimum atomic E-state index is -0.289. The second-order valence-corrected chi connectivity index (χ2v) is 4.95. The Kier molecular flexibility index (Phi) is 5.05. The Morgan fingerprint density at radius 3 is 2.79 bits per heavy atom. The highest BCUT2D eigenvalue weighted by Crippen LogP contribution is 2.25. The number of methoxy groups -OCH3 is 1. The van der Waals surface area contributed by atoms with Crippen molar-refractivity contribution in [1.29, 1.82) is 0 Å². The van der Waals surface area contributed by atoms with Gasteiger partial charge in [-0.3, -0.25) is 4.79 Å². The molecule has 0 amide bonds. The van der Waals surface area contributed by atoms with Gasteiger partial charge in [-0.25, -0.2) is 0 Å². The summed E-state index contributed by atoms with van der Waals surface area (Å²) in [6, 6.07) is 7.06. The van der Waals surface area contributed by atoms with Gasteiger partial charge in [0.15, 0.2) is 0 Å². The maximum Gasteiger partial charge on any atom is 0.312 e. The van der Waals surface area contributed by atoms with Gasteiger partial charge in [0.25, 0.3) is 0 Å². The highest BCUT2D eigenvalue weighted by molar-refractivity contribution is 6.30. The summed E-state index contributed by atoms with van der Waals surface area (Å²) in [5, 5.41) is 0.654. The SMILES string of the molecule is COC(=O)C(COc1ccc(Cl)cc1)C1CCOC1. The number of benzene rings is 1. The van der Waals surface area contributed by atoms with Gasteiger partial charge >= 0.3 is 5.97 Å². The van der Waals surface area contributed by atoms with Crippen LogP contribution in [-0.4, -0.2) is 32.9 Å². The number of ether oxygens (including phenoxy) is 3. The number of hydrogen-bond donors (Lipinski definition) is 0. The Hall–Kier alpha value is -1.26. The van der Waals surface area contributed by atoms with E-state index >= 15 is 0 Å². The Labute approximate surface area is 117 Å². The van der Waals surface area contributed by atoms with Crippen LogP contribution < -0.4 is 4.74 Å². The average molecular weight is 285 g/mol. The zero-order valence-corrected chi connectivity index (χ0v) is 11.6. The van der Waals surface area contributed by atoms with Crippen molar-refractivity contribution in [2.75, 3.05) is 26.9 Å². The van der Waals surface area contributed by atoms with Crippen LogP contribution >= 0.6 is 11.6 Å². The van der Waals surface area contributed by atoms with E-state index in [1.54, 1.807) is 24.3 Å². The predicted octanol–water partition coefficient (Wildman–Crippen LogP) is 2.54. The molecule has 5 heteroatoms. The van der Waals surface area contributed by atoms with E-state index in [1.165, 1.54) is 7.11 Å². The van der Waals surface area contributed by atoms with Crippen molar-refractivity contribution < 1.29 is 19.0 Å². The zero-order chi connectivity index (χ0) is 13.7. The van der Waals surface area contributed by atoms with Gasteiger partial charge in [0.1, 0.15) is 12.4 Å². The van der Waals surface area contributed by atoms with Crippen LogP contribution in [0.25, 0.3) is 0 Å². The van der Waals surface area contributed by atoms with E-state index in [0.29, 0.717) is 30.6 Å². The molecule has 0 bridgehead atoms. The van der Waals surface area contributed by atoms with Gasteiger partial charge in [-0.05, 0) is 30.7 Å². The third-order valence-corrected chi connectivity index (χ3v) is 3.53. The van der Waals surface area contributed by atoms with Crippen molar-refractivity contribution >= 4 is 17.6 Å². The molecule has 1 aliphatic heterocycles. The predicted molar refractivity (Wildman–Crippen MR) is 71.4 cm³/mol. The molecular formula is C14H17ClO4. The fourth-order valence-corrected chi connectivity index (χ4v) is 2.26. The van der Waals surface area contributed by atoms with Crippen LogP contribution in [0.2, 0.25) is 5.02 Å². The Bertz CT molecular complexity index is 412. The topological polar surface area (TPSA) is 44.8 Å². The molecule has 1 fully saturated rings. The van der Waals surface area contributed by atoms with Crippen LogP contribution in [-0.2, 0) is 14.3 Å². The van der Waals surface area contributed by atoms with E-state index in [1.807, 2.05) is 0 Å². The molecule has 2 rings (SSSR count). The first-order chi connectivity index (χ1) is 9.20. The molecule has 1 aliphatic rings. The lowest BCUT2D eigenvalue weighted by molar-refractivity contribution is -0.148. The molecule has 1 aromatic carbocycles. The molecule has 0 N–H and O–H groups in total. The van der Waals surface area contributed by atoms with E-state index in [9.17, 15) is 4.79 Å². The zero-order valence-electron chi connectivity index (χ0n) is 10.8. The van der Waals surface area contributed by atoms with Crippen LogP contribution in [0.4, 0.5) is 0 Å². The van der Waals surface area contributed by atoms with E-state index in [4.69, 9.17) is 25.8 Å². The van der Waals surface area contributed by atoms with Gasteiger partial charge in [0.2, 0.25) is 0 Å². The summed E-state index contributed by atoms with van der Waals surface area (Å²) in [7, 11) is 1.40. The molecule has 1 aromatic rings. The summed E-state index contributed by atoms with van der Waals surface area (Å²) in [6.07, 6.45) is 0.865. The molecule has 0 saturated carbocycles. The number of halogens is 1. The molecule has 2 unspecified atom stereocenters. The minimum absolute atomic E-state index is 0.166. The van der Waals surface area contributed by atoms with Crippen molar-refractivity contribution in [3.8, 4) is 5.75 Å². The second-order valence-electron chi connectivity index (χ2n) is 4.52. The van der Waals surface area contributed by atoms with E-state index < -0.39 is 0 Å². The van der Waals surface area contributed by atoms with Gasteiger partial charge < -0.3 is 14.2 Å². The van der Waals surface area contributed by atoms with Gasteiger partial charge in [-0.15, -0.1) is 0 Å². The first kappa shape index (κ1) is 14.2. The summed E-state index contributed by atoms with van der Waals surface area (Å²) in [6.45, 7) is 1.57. The quantitative estimate of drug-likeness (QED) is 0.780. The summed E-state index contributed by atoms with van der Waals surface area (Å²) >= 11 is 5.80. The number of esters is 1. The van der Waals surface area contributed by atoms with Crippen LogP contribution in [0.5, 0.6) is 5.75 Å².